The predicted molar refractivity (Wildman–Crippen MR) is 111 cm³/mol. The largest absolute Gasteiger partial charge is 0.481 e. The number of hydrogen-bond donors (Lipinski definition) is 1. The highest BCUT2D eigenvalue weighted by molar-refractivity contribution is 6.30. The number of H-pyrrole nitrogens is 1. The quantitative estimate of drug-likeness (QED) is 0.483. The van der Waals surface area contributed by atoms with Gasteiger partial charge in [-0.05, 0) is 54.7 Å². The van der Waals surface area contributed by atoms with E-state index in [1.807, 2.05) is 37.5 Å². The summed E-state index contributed by atoms with van der Waals surface area (Å²) in [4.78, 5) is 16.5. The number of halogens is 1. The lowest BCUT2D eigenvalue weighted by molar-refractivity contribution is 0.392. The molecule has 0 amide bonds. The van der Waals surface area contributed by atoms with Crippen LogP contribution in [0.2, 0.25) is 5.15 Å². The van der Waals surface area contributed by atoms with Crippen LogP contribution in [-0.2, 0) is 19.3 Å². The lowest BCUT2D eigenvalue weighted by atomic mass is 10.0. The van der Waals surface area contributed by atoms with Gasteiger partial charge in [0.25, 0.3) is 0 Å². The maximum atomic E-state index is 6.50. The number of aromatic amines is 1. The average molecular weight is 393 g/mol. The van der Waals surface area contributed by atoms with Gasteiger partial charge in [-0.1, -0.05) is 23.7 Å². The van der Waals surface area contributed by atoms with Gasteiger partial charge in [0.05, 0.1) is 7.11 Å². The van der Waals surface area contributed by atoms with E-state index in [-0.39, 0.29) is 0 Å². The van der Waals surface area contributed by atoms with Crippen molar-refractivity contribution in [3.05, 3.63) is 82.0 Å². The van der Waals surface area contributed by atoms with E-state index in [2.05, 4.69) is 32.1 Å². The molecule has 28 heavy (non-hydrogen) atoms. The fourth-order valence-corrected chi connectivity index (χ4v) is 3.58. The van der Waals surface area contributed by atoms with Crippen molar-refractivity contribution in [1.29, 1.82) is 0 Å². The zero-order chi connectivity index (χ0) is 19.5. The first-order valence-corrected chi connectivity index (χ1v) is 9.56. The summed E-state index contributed by atoms with van der Waals surface area (Å²) in [6.45, 7) is 2.05. The van der Waals surface area contributed by atoms with Gasteiger partial charge >= 0.3 is 0 Å². The van der Waals surface area contributed by atoms with E-state index >= 15 is 0 Å². The lowest BCUT2D eigenvalue weighted by Gasteiger charge is -2.08. The van der Waals surface area contributed by atoms with Crippen molar-refractivity contribution in [3.8, 4) is 5.88 Å². The number of hydrogen-bond acceptors (Lipinski definition) is 4. The van der Waals surface area contributed by atoms with Crippen molar-refractivity contribution in [1.82, 2.24) is 19.9 Å². The van der Waals surface area contributed by atoms with Crippen molar-refractivity contribution < 1.29 is 4.74 Å². The first kappa shape index (κ1) is 18.4. The Kier molecular flexibility index (Phi) is 5.26. The van der Waals surface area contributed by atoms with Gasteiger partial charge in [-0.2, -0.15) is 0 Å². The second kappa shape index (κ2) is 7.98. The number of pyridine rings is 3. The normalized spacial score (nSPS) is 11.1. The second-order valence-corrected chi connectivity index (χ2v) is 7.18. The fraction of sp³-hybridized carbons (Fsp3) is 0.227. The smallest absolute Gasteiger partial charge is 0.216 e. The van der Waals surface area contributed by atoms with E-state index in [4.69, 9.17) is 16.3 Å². The molecule has 0 aliphatic rings. The summed E-state index contributed by atoms with van der Waals surface area (Å²) >= 11 is 6.50. The summed E-state index contributed by atoms with van der Waals surface area (Å²) in [5, 5.41) is 1.68. The molecule has 142 valence electrons. The van der Waals surface area contributed by atoms with Gasteiger partial charge in [0.1, 0.15) is 10.8 Å². The molecule has 0 bridgehead atoms. The zero-order valence-electron chi connectivity index (χ0n) is 15.9. The lowest BCUT2D eigenvalue weighted by Crippen LogP contribution is -2.00. The van der Waals surface area contributed by atoms with E-state index in [0.29, 0.717) is 17.5 Å². The van der Waals surface area contributed by atoms with Gasteiger partial charge in [-0.15, -0.1) is 0 Å². The molecule has 0 atom stereocenters. The average Bonchev–Trinajstić information content (AvgIpc) is 3.10. The number of nitrogens with one attached hydrogen (secondary N) is 1. The molecule has 0 fully saturated rings. The van der Waals surface area contributed by atoms with Crippen LogP contribution in [0.25, 0.3) is 11.0 Å². The molecule has 4 heterocycles. The molecular weight excluding hydrogens is 372 g/mol. The molecule has 6 heteroatoms. The summed E-state index contributed by atoms with van der Waals surface area (Å²) < 4.78 is 5.31. The van der Waals surface area contributed by atoms with Gasteiger partial charge < -0.3 is 9.72 Å². The van der Waals surface area contributed by atoms with Gasteiger partial charge in [0, 0.05) is 41.7 Å². The van der Waals surface area contributed by atoms with Gasteiger partial charge in [0.15, 0.2) is 0 Å². The van der Waals surface area contributed by atoms with Crippen LogP contribution in [0.3, 0.4) is 0 Å². The van der Waals surface area contributed by atoms with Crippen molar-refractivity contribution in [2.75, 3.05) is 7.11 Å². The second-order valence-electron chi connectivity index (χ2n) is 6.82. The van der Waals surface area contributed by atoms with Crippen LogP contribution in [0, 0.1) is 6.92 Å². The van der Waals surface area contributed by atoms with Crippen molar-refractivity contribution in [2.24, 2.45) is 0 Å². The van der Waals surface area contributed by atoms with Crippen LogP contribution in [0.5, 0.6) is 5.88 Å². The van der Waals surface area contributed by atoms with E-state index < -0.39 is 0 Å². The summed E-state index contributed by atoms with van der Waals surface area (Å²) in [5.41, 5.74) is 6.23. The number of fused-ring (bicyclic) bond motifs is 1. The molecule has 0 spiro atoms. The van der Waals surface area contributed by atoms with Crippen LogP contribution in [0.15, 0.2) is 48.9 Å². The minimum Gasteiger partial charge on any atom is -0.481 e. The number of rotatable bonds is 6. The number of nitrogens with zero attached hydrogens (tertiary/aromatic N) is 3. The molecule has 0 saturated heterocycles. The summed E-state index contributed by atoms with van der Waals surface area (Å²) in [6, 6.07) is 10.2. The molecule has 1 N–H and O–H groups in total. The van der Waals surface area contributed by atoms with Crippen LogP contribution in [0.1, 0.15) is 27.9 Å². The predicted octanol–water partition coefficient (Wildman–Crippen LogP) is 4.70. The molecule has 0 aliphatic heterocycles. The van der Waals surface area contributed by atoms with Crippen molar-refractivity contribution in [2.45, 2.75) is 26.2 Å². The molecule has 0 unspecified atom stereocenters. The monoisotopic (exact) mass is 392 g/mol. The number of aromatic nitrogens is 4. The van der Waals surface area contributed by atoms with E-state index in [9.17, 15) is 0 Å². The van der Waals surface area contributed by atoms with Gasteiger partial charge in [0.2, 0.25) is 5.88 Å². The number of aryl methyl sites for hydroxylation is 3. The Morgan fingerprint density at radius 1 is 1.07 bits per heavy atom. The van der Waals surface area contributed by atoms with Crippen LogP contribution < -0.4 is 4.74 Å². The van der Waals surface area contributed by atoms with Gasteiger partial charge in [-0.3, -0.25) is 0 Å². The standard InChI is InChI=1S/C22H21ClN4O/c1-14-10-19-17(13-26-21(19)25-12-14)11-16-6-8-18(27-20(16)23)7-5-15-4-3-9-24-22(15)28-2/h3-4,6,8-10,12-13H,5,7,11H2,1-2H3,(H,25,26). The van der Waals surface area contributed by atoms with E-state index in [0.717, 1.165) is 46.3 Å². The van der Waals surface area contributed by atoms with Crippen LogP contribution in [0.4, 0.5) is 0 Å². The molecule has 5 nitrogen and oxygen atoms in total. The summed E-state index contributed by atoms with van der Waals surface area (Å²) in [7, 11) is 1.64. The highest BCUT2D eigenvalue weighted by Crippen LogP contribution is 2.24. The Balaban J connectivity index is 1.50. The minimum atomic E-state index is 0.547. The first-order chi connectivity index (χ1) is 13.6. The van der Waals surface area contributed by atoms with Crippen molar-refractivity contribution in [3.63, 3.8) is 0 Å². The summed E-state index contributed by atoms with van der Waals surface area (Å²) in [6.07, 6.45) is 7.88. The SMILES string of the molecule is COc1ncccc1CCc1ccc(Cc2c[nH]c3ncc(C)cc23)c(Cl)n1. The minimum absolute atomic E-state index is 0.547. The maximum absolute atomic E-state index is 6.50. The molecule has 4 aromatic rings. The Hall–Kier alpha value is -2.92. The van der Waals surface area contributed by atoms with Crippen LogP contribution in [-0.4, -0.2) is 27.0 Å². The molecule has 0 aliphatic carbocycles. The Morgan fingerprint density at radius 2 is 1.96 bits per heavy atom. The third-order valence-corrected chi connectivity index (χ3v) is 5.14. The molecule has 0 radical (unpaired) electrons. The van der Waals surface area contributed by atoms with Crippen molar-refractivity contribution >= 4 is 22.6 Å². The third-order valence-electron chi connectivity index (χ3n) is 4.81. The Bertz CT molecular complexity index is 1120. The highest BCUT2D eigenvalue weighted by Gasteiger charge is 2.11. The Morgan fingerprint density at radius 3 is 2.79 bits per heavy atom. The molecule has 4 rings (SSSR count). The van der Waals surface area contributed by atoms with Crippen LogP contribution >= 0.6 is 11.6 Å². The van der Waals surface area contributed by atoms with E-state index in [1.165, 1.54) is 5.56 Å². The Labute approximate surface area is 168 Å². The highest BCUT2D eigenvalue weighted by atomic mass is 35.5. The summed E-state index contributed by atoms with van der Waals surface area (Å²) in [5.74, 6) is 0.661. The molecule has 4 aromatic heterocycles. The van der Waals surface area contributed by atoms with E-state index in [1.54, 1.807) is 13.3 Å². The number of methoxy groups -OCH3 is 1. The maximum Gasteiger partial charge on any atom is 0.216 e. The molecule has 0 saturated carbocycles. The number of ether oxygens (including phenoxy) is 1. The zero-order valence-corrected chi connectivity index (χ0v) is 16.6. The molecular formula is C22H21ClN4O. The fourth-order valence-electron chi connectivity index (χ4n) is 3.35. The first-order valence-electron chi connectivity index (χ1n) is 9.19. The topological polar surface area (TPSA) is 63.7 Å². The van der Waals surface area contributed by atoms with Gasteiger partial charge in [-0.25, -0.2) is 15.0 Å². The molecule has 0 aromatic carbocycles. The third kappa shape index (κ3) is 3.85.